The number of aliphatic imine (C=N–C) groups is 1. The molecule has 1 fully saturated rings. The zero-order valence-corrected chi connectivity index (χ0v) is 21.0. The van der Waals surface area contributed by atoms with Gasteiger partial charge in [-0.25, -0.2) is 4.99 Å². The first kappa shape index (κ1) is 24.4. The molecule has 0 bridgehead atoms. The molecule has 0 radical (unpaired) electrons. The molecule has 0 atom stereocenters. The molecular formula is C25H33IN4O2. The number of hydrogen-bond donors (Lipinski definition) is 3. The highest BCUT2D eigenvalue weighted by atomic mass is 127. The Balaban J connectivity index is 0.00000289. The van der Waals surface area contributed by atoms with Crippen LogP contribution < -0.4 is 20.7 Å². The summed E-state index contributed by atoms with van der Waals surface area (Å²) in [5.41, 5.74) is 4.54. The number of fused-ring (bicyclic) bond motifs is 1. The maximum atomic E-state index is 12.2. The van der Waals surface area contributed by atoms with Gasteiger partial charge in [0, 0.05) is 31.1 Å². The summed E-state index contributed by atoms with van der Waals surface area (Å²) in [6.07, 6.45) is 5.11. The molecule has 1 aliphatic heterocycles. The van der Waals surface area contributed by atoms with Crippen LogP contribution in [0.3, 0.4) is 0 Å². The standard InChI is InChI=1S/C25H32N4O2.HI/c1-2-26-25(27-13-11-18-9-10-23-21(15-18)12-14-31-23)28-17-19-5-3-8-22(16-19)29-24(30)20-6-4-7-20;/h3,5,8-10,15-16,20H,2,4,6-7,11-14,17H2,1H3,(H,29,30)(H2,26,27,28);1H. The molecule has 1 saturated carbocycles. The first-order chi connectivity index (χ1) is 15.2. The van der Waals surface area contributed by atoms with E-state index in [1.165, 1.54) is 11.1 Å². The smallest absolute Gasteiger partial charge is 0.227 e. The third kappa shape index (κ3) is 6.60. The fourth-order valence-corrected chi connectivity index (χ4v) is 3.89. The first-order valence-corrected chi connectivity index (χ1v) is 11.4. The Hall–Kier alpha value is -2.29. The minimum absolute atomic E-state index is 0. The second kappa shape index (κ2) is 12.1. The predicted octanol–water partition coefficient (Wildman–Crippen LogP) is 4.28. The number of nitrogens with one attached hydrogen (secondary N) is 3. The highest BCUT2D eigenvalue weighted by Gasteiger charge is 2.25. The first-order valence-electron chi connectivity index (χ1n) is 11.4. The van der Waals surface area contributed by atoms with Crippen LogP contribution in [0.4, 0.5) is 5.69 Å². The average molecular weight is 548 g/mol. The molecule has 0 aromatic heterocycles. The molecule has 2 aromatic rings. The van der Waals surface area contributed by atoms with E-state index >= 15 is 0 Å². The number of anilines is 1. The van der Waals surface area contributed by atoms with Crippen molar-refractivity contribution in [2.75, 3.05) is 25.0 Å². The Labute approximate surface area is 207 Å². The number of ether oxygens (including phenoxy) is 1. The third-order valence-corrected chi connectivity index (χ3v) is 5.89. The quantitative estimate of drug-likeness (QED) is 0.262. The summed E-state index contributed by atoms with van der Waals surface area (Å²) in [6, 6.07) is 14.4. The van der Waals surface area contributed by atoms with Gasteiger partial charge in [0.15, 0.2) is 5.96 Å². The van der Waals surface area contributed by atoms with E-state index in [0.717, 1.165) is 74.8 Å². The number of guanidine groups is 1. The molecule has 3 N–H and O–H groups in total. The van der Waals surface area contributed by atoms with Gasteiger partial charge in [0.25, 0.3) is 0 Å². The number of carbonyl (C=O) groups is 1. The van der Waals surface area contributed by atoms with E-state index in [1.807, 2.05) is 24.3 Å². The van der Waals surface area contributed by atoms with Gasteiger partial charge in [0.05, 0.1) is 13.2 Å². The van der Waals surface area contributed by atoms with Crippen LogP contribution in [0.2, 0.25) is 0 Å². The molecular weight excluding hydrogens is 515 g/mol. The van der Waals surface area contributed by atoms with E-state index in [9.17, 15) is 4.79 Å². The zero-order valence-electron chi connectivity index (χ0n) is 18.7. The van der Waals surface area contributed by atoms with Crippen molar-refractivity contribution >= 4 is 41.5 Å². The van der Waals surface area contributed by atoms with Crippen molar-refractivity contribution < 1.29 is 9.53 Å². The predicted molar refractivity (Wildman–Crippen MR) is 140 cm³/mol. The Bertz CT molecular complexity index is 943. The van der Waals surface area contributed by atoms with E-state index in [-0.39, 0.29) is 35.8 Å². The summed E-state index contributed by atoms with van der Waals surface area (Å²) in [6.45, 7) is 5.02. The number of carbonyl (C=O) groups excluding carboxylic acids is 1. The Kier molecular flexibility index (Phi) is 9.20. The monoisotopic (exact) mass is 548 g/mol. The van der Waals surface area contributed by atoms with Crippen LogP contribution >= 0.6 is 24.0 Å². The highest BCUT2D eigenvalue weighted by Crippen LogP contribution is 2.28. The minimum Gasteiger partial charge on any atom is -0.493 e. The second-order valence-corrected chi connectivity index (χ2v) is 8.23. The van der Waals surface area contributed by atoms with E-state index in [4.69, 9.17) is 9.73 Å². The number of nitrogens with zero attached hydrogens (tertiary/aromatic N) is 1. The molecule has 0 spiro atoms. The fraction of sp³-hybridized carbons (Fsp3) is 0.440. The number of hydrogen-bond acceptors (Lipinski definition) is 3. The van der Waals surface area contributed by atoms with Gasteiger partial charge in [0.2, 0.25) is 5.91 Å². The SMILES string of the molecule is CCNC(=NCc1cccc(NC(=O)C2CCC2)c1)NCCc1ccc2c(c1)CCO2.I. The van der Waals surface area contributed by atoms with Crippen molar-refractivity contribution in [3.8, 4) is 5.75 Å². The lowest BCUT2D eigenvalue weighted by molar-refractivity contribution is -0.122. The molecule has 0 saturated heterocycles. The number of rotatable bonds is 8. The Morgan fingerprint density at radius 2 is 2.00 bits per heavy atom. The largest absolute Gasteiger partial charge is 0.493 e. The van der Waals surface area contributed by atoms with Gasteiger partial charge < -0.3 is 20.7 Å². The summed E-state index contributed by atoms with van der Waals surface area (Å²) in [5, 5.41) is 9.77. The minimum atomic E-state index is 0. The maximum absolute atomic E-state index is 12.2. The van der Waals surface area contributed by atoms with Gasteiger partial charge in [-0.15, -0.1) is 24.0 Å². The third-order valence-electron chi connectivity index (χ3n) is 5.89. The Morgan fingerprint density at radius 3 is 2.78 bits per heavy atom. The van der Waals surface area contributed by atoms with E-state index in [2.05, 4.69) is 41.1 Å². The lowest BCUT2D eigenvalue weighted by Gasteiger charge is -2.24. The van der Waals surface area contributed by atoms with Crippen molar-refractivity contribution in [1.82, 2.24) is 10.6 Å². The van der Waals surface area contributed by atoms with Crippen molar-refractivity contribution in [3.05, 3.63) is 59.2 Å². The van der Waals surface area contributed by atoms with Crippen LogP contribution in [0, 0.1) is 5.92 Å². The van der Waals surface area contributed by atoms with Gasteiger partial charge in [0.1, 0.15) is 5.75 Å². The summed E-state index contributed by atoms with van der Waals surface area (Å²) in [7, 11) is 0. The molecule has 2 aromatic carbocycles. The summed E-state index contributed by atoms with van der Waals surface area (Å²) < 4.78 is 5.58. The summed E-state index contributed by atoms with van der Waals surface area (Å²) >= 11 is 0. The van der Waals surface area contributed by atoms with Crippen molar-refractivity contribution in [2.24, 2.45) is 10.9 Å². The van der Waals surface area contributed by atoms with E-state index in [1.54, 1.807) is 0 Å². The topological polar surface area (TPSA) is 74.8 Å². The number of benzene rings is 2. The number of amides is 1. The van der Waals surface area contributed by atoms with Crippen LogP contribution in [0.1, 0.15) is 42.9 Å². The van der Waals surface area contributed by atoms with Gasteiger partial charge in [-0.2, -0.15) is 0 Å². The lowest BCUT2D eigenvalue weighted by Crippen LogP contribution is -2.38. The molecule has 172 valence electrons. The normalized spacial score (nSPS) is 15.1. The molecule has 1 amide bonds. The van der Waals surface area contributed by atoms with Crippen molar-refractivity contribution in [3.63, 3.8) is 0 Å². The lowest BCUT2D eigenvalue weighted by atomic mass is 9.85. The second-order valence-electron chi connectivity index (χ2n) is 8.23. The highest BCUT2D eigenvalue weighted by molar-refractivity contribution is 14.0. The van der Waals surface area contributed by atoms with Crippen LogP contribution in [0.15, 0.2) is 47.5 Å². The van der Waals surface area contributed by atoms with Crippen LogP contribution in [0.5, 0.6) is 5.75 Å². The van der Waals surface area contributed by atoms with Crippen molar-refractivity contribution in [1.29, 1.82) is 0 Å². The fourth-order valence-electron chi connectivity index (χ4n) is 3.89. The van der Waals surface area contributed by atoms with Gasteiger partial charge in [-0.3, -0.25) is 4.79 Å². The molecule has 2 aliphatic rings. The maximum Gasteiger partial charge on any atom is 0.227 e. The molecule has 7 heteroatoms. The molecule has 1 heterocycles. The zero-order chi connectivity index (χ0) is 21.5. The molecule has 4 rings (SSSR count). The van der Waals surface area contributed by atoms with Gasteiger partial charge in [-0.05, 0) is 61.1 Å². The average Bonchev–Trinajstić information content (AvgIpc) is 3.19. The summed E-state index contributed by atoms with van der Waals surface area (Å²) in [5.74, 6) is 2.15. The van der Waals surface area contributed by atoms with Crippen molar-refractivity contribution in [2.45, 2.75) is 45.6 Å². The van der Waals surface area contributed by atoms with Crippen LogP contribution in [-0.4, -0.2) is 31.6 Å². The van der Waals surface area contributed by atoms with Crippen LogP contribution in [-0.2, 0) is 24.2 Å². The van der Waals surface area contributed by atoms with E-state index < -0.39 is 0 Å². The molecule has 1 aliphatic carbocycles. The van der Waals surface area contributed by atoms with Crippen LogP contribution in [0.25, 0.3) is 0 Å². The van der Waals surface area contributed by atoms with Gasteiger partial charge >= 0.3 is 0 Å². The molecule has 32 heavy (non-hydrogen) atoms. The molecule has 0 unspecified atom stereocenters. The number of halogens is 1. The Morgan fingerprint density at radius 1 is 1.12 bits per heavy atom. The van der Waals surface area contributed by atoms with E-state index in [0.29, 0.717) is 6.54 Å². The molecule has 6 nitrogen and oxygen atoms in total. The van der Waals surface area contributed by atoms with Gasteiger partial charge in [-0.1, -0.05) is 30.7 Å². The summed E-state index contributed by atoms with van der Waals surface area (Å²) in [4.78, 5) is 16.9.